The minimum atomic E-state index is -0.200. The van der Waals surface area contributed by atoms with E-state index in [1.54, 1.807) is 0 Å². The largest absolute Gasteiger partial charge is 0.487 e. The molecule has 0 N–H and O–H groups in total. The molecule has 30 heavy (non-hydrogen) atoms. The smallest absolute Gasteiger partial charge is 0.313 e. The van der Waals surface area contributed by atoms with Crippen molar-refractivity contribution in [1.29, 1.82) is 0 Å². The van der Waals surface area contributed by atoms with Crippen LogP contribution in [0.15, 0.2) is 60.7 Å². The number of hydrogen-bond acceptors (Lipinski definition) is 4. The van der Waals surface area contributed by atoms with E-state index in [-0.39, 0.29) is 11.9 Å². The molecule has 1 aliphatic carbocycles. The molecule has 1 aromatic heterocycles. The van der Waals surface area contributed by atoms with Gasteiger partial charge in [-0.1, -0.05) is 68.5 Å². The highest BCUT2D eigenvalue weighted by Gasteiger charge is 2.26. The zero-order valence-electron chi connectivity index (χ0n) is 17.5. The number of ether oxygens (including phenoxy) is 2. The fraction of sp³-hybridized carbons (Fsp3) is 0.385. The number of esters is 1. The summed E-state index contributed by atoms with van der Waals surface area (Å²) in [4.78, 5) is 17.1. The summed E-state index contributed by atoms with van der Waals surface area (Å²) in [7, 11) is 1.48. The molecule has 1 unspecified atom stereocenters. The van der Waals surface area contributed by atoms with Crippen LogP contribution in [0.4, 0.5) is 0 Å². The van der Waals surface area contributed by atoms with Crippen LogP contribution in [0.2, 0.25) is 0 Å². The maximum atomic E-state index is 12.4. The number of fused-ring (bicyclic) bond motifs is 1. The van der Waals surface area contributed by atoms with Crippen molar-refractivity contribution < 1.29 is 14.3 Å². The van der Waals surface area contributed by atoms with E-state index in [0.29, 0.717) is 12.5 Å². The Kier molecular flexibility index (Phi) is 6.63. The molecule has 0 spiro atoms. The lowest BCUT2D eigenvalue weighted by Crippen LogP contribution is -2.19. The zero-order valence-corrected chi connectivity index (χ0v) is 17.5. The molecular formula is C26H29NO3. The molecule has 1 atom stereocenters. The van der Waals surface area contributed by atoms with Crippen LogP contribution in [0, 0.1) is 5.92 Å². The minimum absolute atomic E-state index is 0.144. The number of methoxy groups -OCH3 is 1. The zero-order chi connectivity index (χ0) is 20.8. The first-order valence-electron chi connectivity index (χ1n) is 10.9. The normalized spacial score (nSPS) is 15.6. The lowest BCUT2D eigenvalue weighted by molar-refractivity contribution is -0.143. The summed E-state index contributed by atoms with van der Waals surface area (Å²) in [5, 5.41) is 1.12. The summed E-state index contributed by atoms with van der Waals surface area (Å²) >= 11 is 0. The lowest BCUT2D eigenvalue weighted by atomic mass is 9.80. The van der Waals surface area contributed by atoms with Crippen molar-refractivity contribution in [2.45, 2.75) is 51.0 Å². The van der Waals surface area contributed by atoms with Gasteiger partial charge in [0.1, 0.15) is 12.4 Å². The van der Waals surface area contributed by atoms with Crippen molar-refractivity contribution >= 4 is 16.9 Å². The first kappa shape index (κ1) is 20.4. The van der Waals surface area contributed by atoms with Crippen LogP contribution in [-0.4, -0.2) is 18.1 Å². The Bertz CT molecular complexity index is 977. The van der Waals surface area contributed by atoms with Gasteiger partial charge in [0.15, 0.2) is 0 Å². The first-order chi connectivity index (χ1) is 14.7. The van der Waals surface area contributed by atoms with E-state index in [9.17, 15) is 4.79 Å². The van der Waals surface area contributed by atoms with Crippen molar-refractivity contribution in [3.8, 4) is 5.75 Å². The van der Waals surface area contributed by atoms with Gasteiger partial charge in [0.25, 0.3) is 0 Å². The molecule has 1 saturated carbocycles. The molecule has 0 bridgehead atoms. The monoisotopic (exact) mass is 403 g/mol. The van der Waals surface area contributed by atoms with E-state index in [1.165, 1.54) is 39.2 Å². The molecule has 1 heterocycles. The van der Waals surface area contributed by atoms with Gasteiger partial charge in [-0.3, -0.25) is 4.79 Å². The summed E-state index contributed by atoms with van der Waals surface area (Å²) in [6.45, 7) is 0.409. The van der Waals surface area contributed by atoms with Crippen molar-refractivity contribution in [2.75, 3.05) is 7.11 Å². The molecule has 4 heteroatoms. The Hall–Kier alpha value is -2.88. The number of hydrogen-bond donors (Lipinski definition) is 0. The molecule has 0 radical (unpaired) electrons. The van der Waals surface area contributed by atoms with Crippen molar-refractivity contribution in [1.82, 2.24) is 4.98 Å². The predicted octanol–water partition coefficient (Wildman–Crippen LogP) is 6.04. The molecule has 2 aromatic carbocycles. The van der Waals surface area contributed by atoms with Gasteiger partial charge in [0, 0.05) is 5.39 Å². The van der Waals surface area contributed by atoms with Gasteiger partial charge in [-0.2, -0.15) is 0 Å². The van der Waals surface area contributed by atoms with Gasteiger partial charge in [-0.05, 0) is 42.2 Å². The summed E-state index contributed by atoms with van der Waals surface area (Å²) < 4.78 is 11.0. The van der Waals surface area contributed by atoms with Gasteiger partial charge in [-0.25, -0.2) is 4.98 Å². The molecule has 4 rings (SSSR count). The van der Waals surface area contributed by atoms with E-state index in [1.807, 2.05) is 48.5 Å². The number of pyridine rings is 1. The van der Waals surface area contributed by atoms with E-state index < -0.39 is 0 Å². The van der Waals surface area contributed by atoms with E-state index in [2.05, 4.69) is 17.1 Å². The van der Waals surface area contributed by atoms with Crippen LogP contribution in [0.3, 0.4) is 0 Å². The Morgan fingerprint density at radius 1 is 1.00 bits per heavy atom. The topological polar surface area (TPSA) is 48.4 Å². The van der Waals surface area contributed by atoms with Crippen LogP contribution in [0.1, 0.15) is 55.7 Å². The Labute approximate surface area is 178 Å². The van der Waals surface area contributed by atoms with Crippen molar-refractivity contribution in [3.63, 3.8) is 0 Å². The molecule has 0 saturated heterocycles. The van der Waals surface area contributed by atoms with Crippen LogP contribution < -0.4 is 4.74 Å². The second-order valence-electron chi connectivity index (χ2n) is 8.17. The molecule has 4 nitrogen and oxygen atoms in total. The quantitative estimate of drug-likeness (QED) is 0.451. The highest BCUT2D eigenvalue weighted by Crippen LogP contribution is 2.34. The average Bonchev–Trinajstić information content (AvgIpc) is 2.81. The fourth-order valence-corrected chi connectivity index (χ4v) is 4.41. The number of benzene rings is 2. The number of carbonyl (C=O) groups excluding carboxylic acids is 1. The highest BCUT2D eigenvalue weighted by atomic mass is 16.5. The Morgan fingerprint density at radius 3 is 2.53 bits per heavy atom. The summed E-state index contributed by atoms with van der Waals surface area (Å²) in [6, 6.07) is 20.0. The third kappa shape index (κ3) is 4.99. The van der Waals surface area contributed by atoms with Crippen LogP contribution in [0.5, 0.6) is 5.75 Å². The maximum absolute atomic E-state index is 12.4. The number of para-hydroxylation sites is 1. The maximum Gasteiger partial charge on any atom is 0.313 e. The van der Waals surface area contributed by atoms with Crippen molar-refractivity contribution in [2.24, 2.45) is 5.92 Å². The molecule has 3 aromatic rings. The second kappa shape index (κ2) is 9.75. The average molecular weight is 404 g/mol. The van der Waals surface area contributed by atoms with Crippen LogP contribution >= 0.6 is 0 Å². The molecule has 0 aliphatic heterocycles. The van der Waals surface area contributed by atoms with Gasteiger partial charge in [-0.15, -0.1) is 0 Å². The molecule has 1 aliphatic rings. The third-order valence-electron chi connectivity index (χ3n) is 6.10. The van der Waals surface area contributed by atoms with Gasteiger partial charge >= 0.3 is 5.97 Å². The lowest BCUT2D eigenvalue weighted by Gasteiger charge is -2.25. The van der Waals surface area contributed by atoms with Crippen LogP contribution in [0.25, 0.3) is 10.9 Å². The summed E-state index contributed by atoms with van der Waals surface area (Å²) in [5.74, 6) is 1.04. The summed E-state index contributed by atoms with van der Waals surface area (Å²) in [5.41, 5.74) is 2.86. The van der Waals surface area contributed by atoms with Gasteiger partial charge in [0.05, 0.1) is 24.2 Å². The molecule has 1 fully saturated rings. The second-order valence-corrected chi connectivity index (χ2v) is 8.17. The Morgan fingerprint density at radius 2 is 1.77 bits per heavy atom. The van der Waals surface area contributed by atoms with Gasteiger partial charge < -0.3 is 9.47 Å². The van der Waals surface area contributed by atoms with Crippen molar-refractivity contribution in [3.05, 3.63) is 71.9 Å². The molecule has 156 valence electrons. The SMILES string of the molecule is COC(=O)C(CC1CCCCC1)c1ccc(OCc2ccc3ccccc3n2)cc1. The standard InChI is InChI=1S/C26H29NO3/c1-29-26(28)24(17-19-7-3-2-4-8-19)20-12-15-23(16-13-20)30-18-22-14-11-21-9-5-6-10-25(21)27-22/h5-6,9-16,19,24H,2-4,7-8,17-18H2,1H3. The van der Waals surface area contributed by atoms with Crippen LogP contribution in [-0.2, 0) is 16.1 Å². The highest BCUT2D eigenvalue weighted by molar-refractivity contribution is 5.78. The molecular weight excluding hydrogens is 374 g/mol. The van der Waals surface area contributed by atoms with E-state index in [0.717, 1.165) is 34.3 Å². The number of carbonyl (C=O) groups is 1. The third-order valence-corrected chi connectivity index (χ3v) is 6.10. The van der Waals surface area contributed by atoms with E-state index in [4.69, 9.17) is 9.47 Å². The fourth-order valence-electron chi connectivity index (χ4n) is 4.41. The van der Waals surface area contributed by atoms with Gasteiger partial charge in [0.2, 0.25) is 0 Å². The number of aromatic nitrogens is 1. The molecule has 0 amide bonds. The summed E-state index contributed by atoms with van der Waals surface area (Å²) in [6.07, 6.45) is 7.16. The number of rotatable bonds is 7. The van der Waals surface area contributed by atoms with E-state index >= 15 is 0 Å². The Balaban J connectivity index is 1.41. The minimum Gasteiger partial charge on any atom is -0.487 e. The first-order valence-corrected chi connectivity index (χ1v) is 10.9. The number of nitrogens with zero attached hydrogens (tertiary/aromatic N) is 1. The predicted molar refractivity (Wildman–Crippen MR) is 118 cm³/mol.